The summed E-state index contributed by atoms with van der Waals surface area (Å²) >= 11 is 0. The molecule has 0 bridgehead atoms. The van der Waals surface area contributed by atoms with E-state index >= 15 is 0 Å². The predicted octanol–water partition coefficient (Wildman–Crippen LogP) is 2.50. The van der Waals surface area contributed by atoms with Gasteiger partial charge in [0.15, 0.2) is 0 Å². The van der Waals surface area contributed by atoms with E-state index in [0.29, 0.717) is 24.1 Å². The van der Waals surface area contributed by atoms with Gasteiger partial charge in [0.25, 0.3) is 0 Å². The lowest BCUT2D eigenvalue weighted by atomic mass is 10.0. The number of benzene rings is 1. The summed E-state index contributed by atoms with van der Waals surface area (Å²) in [6, 6.07) is 5.31. The van der Waals surface area contributed by atoms with Crippen molar-refractivity contribution in [3.63, 3.8) is 0 Å². The van der Waals surface area contributed by atoms with Gasteiger partial charge in [-0.15, -0.1) is 0 Å². The van der Waals surface area contributed by atoms with Crippen LogP contribution >= 0.6 is 0 Å². The van der Waals surface area contributed by atoms with Crippen LogP contribution in [-0.2, 0) is 0 Å². The first kappa shape index (κ1) is 9.93. The lowest BCUT2D eigenvalue weighted by Gasteiger charge is -2.07. The topological polar surface area (TPSA) is 26.0 Å². The Bertz CT molecular complexity index is 318. The molecular formula is C11H14FN. The Hall–Kier alpha value is -1.15. The molecular weight excluding hydrogens is 165 g/mol. The van der Waals surface area contributed by atoms with Gasteiger partial charge in [0.05, 0.1) is 0 Å². The molecule has 0 aliphatic carbocycles. The number of hydrogen-bond donors (Lipinski definition) is 1. The van der Waals surface area contributed by atoms with E-state index in [1.54, 1.807) is 19.1 Å². The van der Waals surface area contributed by atoms with Crippen molar-refractivity contribution in [1.82, 2.24) is 0 Å². The maximum Gasteiger partial charge on any atom is 0.133 e. The first-order valence-corrected chi connectivity index (χ1v) is 4.30. The normalized spacial score (nSPS) is 10.1. The molecule has 0 spiro atoms. The number of aryl methyl sites for hydroxylation is 1. The summed E-state index contributed by atoms with van der Waals surface area (Å²) in [5.74, 6) is -0.180. The minimum absolute atomic E-state index is 0.180. The van der Waals surface area contributed by atoms with Crippen molar-refractivity contribution in [2.24, 2.45) is 5.73 Å². The maximum atomic E-state index is 13.5. The highest BCUT2D eigenvalue weighted by atomic mass is 19.1. The first-order chi connectivity index (χ1) is 6.16. The third-order valence-electron chi connectivity index (χ3n) is 2.02. The molecule has 2 heteroatoms. The van der Waals surface area contributed by atoms with Gasteiger partial charge >= 0.3 is 0 Å². The van der Waals surface area contributed by atoms with Crippen LogP contribution in [0.2, 0.25) is 0 Å². The van der Waals surface area contributed by atoms with Crippen molar-refractivity contribution >= 4 is 5.57 Å². The van der Waals surface area contributed by atoms with Crippen LogP contribution in [0.15, 0.2) is 24.8 Å². The van der Waals surface area contributed by atoms with Gasteiger partial charge in [-0.3, -0.25) is 0 Å². The molecule has 0 radical (unpaired) electrons. The molecule has 2 N–H and O–H groups in total. The molecule has 0 saturated carbocycles. The van der Waals surface area contributed by atoms with E-state index < -0.39 is 0 Å². The van der Waals surface area contributed by atoms with Crippen molar-refractivity contribution in [2.75, 3.05) is 6.54 Å². The highest BCUT2D eigenvalue weighted by Gasteiger charge is 2.06. The Labute approximate surface area is 78.1 Å². The zero-order valence-electron chi connectivity index (χ0n) is 7.81. The summed E-state index contributed by atoms with van der Waals surface area (Å²) in [7, 11) is 0. The number of rotatable bonds is 3. The van der Waals surface area contributed by atoms with Gasteiger partial charge in [0.1, 0.15) is 5.82 Å². The quantitative estimate of drug-likeness (QED) is 0.758. The van der Waals surface area contributed by atoms with Gasteiger partial charge in [-0.2, -0.15) is 0 Å². The lowest BCUT2D eigenvalue weighted by Crippen LogP contribution is -2.01. The van der Waals surface area contributed by atoms with Gasteiger partial charge in [0, 0.05) is 5.56 Å². The molecule has 0 unspecified atom stereocenters. The fourth-order valence-corrected chi connectivity index (χ4v) is 1.23. The van der Waals surface area contributed by atoms with Gasteiger partial charge in [-0.1, -0.05) is 24.8 Å². The van der Waals surface area contributed by atoms with Crippen molar-refractivity contribution in [3.8, 4) is 0 Å². The second-order valence-corrected chi connectivity index (χ2v) is 3.08. The van der Waals surface area contributed by atoms with Crippen molar-refractivity contribution in [2.45, 2.75) is 13.3 Å². The Balaban J connectivity index is 3.01. The smallest absolute Gasteiger partial charge is 0.133 e. The van der Waals surface area contributed by atoms with Crippen LogP contribution in [0.5, 0.6) is 0 Å². The Kier molecular flexibility index (Phi) is 3.20. The predicted molar refractivity (Wildman–Crippen MR) is 53.8 cm³/mol. The van der Waals surface area contributed by atoms with E-state index in [-0.39, 0.29) is 5.82 Å². The SMILES string of the molecule is C=C(CCN)c1cccc(C)c1F. The van der Waals surface area contributed by atoms with Crippen molar-refractivity contribution in [3.05, 3.63) is 41.7 Å². The highest BCUT2D eigenvalue weighted by molar-refractivity contribution is 5.64. The second-order valence-electron chi connectivity index (χ2n) is 3.08. The van der Waals surface area contributed by atoms with E-state index in [1.807, 2.05) is 6.07 Å². The van der Waals surface area contributed by atoms with Crippen molar-refractivity contribution < 1.29 is 4.39 Å². The third-order valence-corrected chi connectivity index (χ3v) is 2.02. The Morgan fingerprint density at radius 2 is 2.23 bits per heavy atom. The zero-order valence-corrected chi connectivity index (χ0v) is 7.81. The average Bonchev–Trinajstić information content (AvgIpc) is 2.10. The monoisotopic (exact) mass is 179 g/mol. The molecule has 1 aromatic rings. The maximum absolute atomic E-state index is 13.5. The summed E-state index contributed by atoms with van der Waals surface area (Å²) in [6.07, 6.45) is 0.639. The average molecular weight is 179 g/mol. The van der Waals surface area contributed by atoms with Gasteiger partial charge in [0.2, 0.25) is 0 Å². The fraction of sp³-hybridized carbons (Fsp3) is 0.273. The molecule has 13 heavy (non-hydrogen) atoms. The molecule has 0 aromatic heterocycles. The second kappa shape index (κ2) is 4.19. The molecule has 1 rings (SSSR count). The first-order valence-electron chi connectivity index (χ1n) is 4.30. The van der Waals surface area contributed by atoms with Crippen LogP contribution in [-0.4, -0.2) is 6.54 Å². The number of halogens is 1. The highest BCUT2D eigenvalue weighted by Crippen LogP contribution is 2.21. The molecule has 70 valence electrons. The lowest BCUT2D eigenvalue weighted by molar-refractivity contribution is 0.614. The number of hydrogen-bond acceptors (Lipinski definition) is 1. The zero-order chi connectivity index (χ0) is 9.84. The summed E-state index contributed by atoms with van der Waals surface area (Å²) < 4.78 is 13.5. The van der Waals surface area contributed by atoms with Gasteiger partial charge in [-0.25, -0.2) is 4.39 Å². The van der Waals surface area contributed by atoms with E-state index in [2.05, 4.69) is 6.58 Å². The minimum Gasteiger partial charge on any atom is -0.330 e. The molecule has 1 nitrogen and oxygen atoms in total. The van der Waals surface area contributed by atoms with Crippen LogP contribution in [0.1, 0.15) is 17.5 Å². The fourth-order valence-electron chi connectivity index (χ4n) is 1.23. The summed E-state index contributed by atoms with van der Waals surface area (Å²) in [4.78, 5) is 0. The summed E-state index contributed by atoms with van der Waals surface area (Å²) in [5, 5.41) is 0. The molecule has 0 fully saturated rings. The Morgan fingerprint density at radius 1 is 1.54 bits per heavy atom. The van der Waals surface area contributed by atoms with E-state index in [9.17, 15) is 4.39 Å². The van der Waals surface area contributed by atoms with Crippen LogP contribution in [0.4, 0.5) is 4.39 Å². The van der Waals surface area contributed by atoms with E-state index in [0.717, 1.165) is 5.57 Å². The molecule has 0 atom stereocenters. The molecule has 0 aliphatic rings. The molecule has 1 aromatic carbocycles. The number of nitrogens with two attached hydrogens (primary N) is 1. The summed E-state index contributed by atoms with van der Waals surface area (Å²) in [6.45, 7) is 6.05. The van der Waals surface area contributed by atoms with E-state index in [4.69, 9.17) is 5.73 Å². The third kappa shape index (κ3) is 2.16. The van der Waals surface area contributed by atoms with Gasteiger partial charge < -0.3 is 5.73 Å². The minimum atomic E-state index is -0.180. The van der Waals surface area contributed by atoms with Crippen LogP contribution < -0.4 is 5.73 Å². The van der Waals surface area contributed by atoms with Crippen LogP contribution in [0, 0.1) is 12.7 Å². The molecule has 0 heterocycles. The standard InChI is InChI=1S/C11H14FN/c1-8(6-7-13)10-5-3-4-9(2)11(10)12/h3-5H,1,6-7,13H2,2H3. The van der Waals surface area contributed by atoms with E-state index in [1.165, 1.54) is 0 Å². The molecule has 0 aliphatic heterocycles. The largest absolute Gasteiger partial charge is 0.330 e. The molecule has 0 amide bonds. The van der Waals surface area contributed by atoms with Crippen LogP contribution in [0.3, 0.4) is 0 Å². The summed E-state index contributed by atoms with van der Waals surface area (Å²) in [5.41, 5.74) is 7.38. The van der Waals surface area contributed by atoms with Crippen molar-refractivity contribution in [1.29, 1.82) is 0 Å². The van der Waals surface area contributed by atoms with Crippen LogP contribution in [0.25, 0.3) is 5.57 Å². The molecule has 0 saturated heterocycles. The van der Waals surface area contributed by atoms with Gasteiger partial charge in [-0.05, 0) is 31.0 Å². The Morgan fingerprint density at radius 3 is 2.85 bits per heavy atom.